The molecule has 21 heavy (non-hydrogen) atoms. The Hall–Kier alpha value is -0.580. The summed E-state index contributed by atoms with van der Waals surface area (Å²) in [7, 11) is 2.26. The third kappa shape index (κ3) is 5.28. The molecule has 1 aromatic rings. The molecule has 2 rings (SSSR count). The Labute approximate surface area is 136 Å². The van der Waals surface area contributed by atoms with Crippen molar-refractivity contribution >= 4 is 15.9 Å². The van der Waals surface area contributed by atoms with Gasteiger partial charge in [0.25, 0.3) is 0 Å². The van der Waals surface area contributed by atoms with Crippen LogP contribution in [0.4, 0.5) is 0 Å². The van der Waals surface area contributed by atoms with Gasteiger partial charge < -0.3 is 15.3 Å². The van der Waals surface area contributed by atoms with E-state index < -0.39 is 0 Å². The molecule has 0 aliphatic heterocycles. The van der Waals surface area contributed by atoms with E-state index in [0.717, 1.165) is 42.1 Å². The van der Waals surface area contributed by atoms with Crippen LogP contribution in [0.25, 0.3) is 0 Å². The first-order valence-electron chi connectivity index (χ1n) is 8.06. The zero-order valence-electron chi connectivity index (χ0n) is 12.9. The molecule has 0 saturated heterocycles. The Balaban J connectivity index is 1.62. The molecule has 2 N–H and O–H groups in total. The first-order chi connectivity index (χ1) is 10.2. The second kappa shape index (κ2) is 8.76. The van der Waals surface area contributed by atoms with Crippen molar-refractivity contribution < 1.29 is 5.11 Å². The number of hydrogen-bond donors (Lipinski definition) is 2. The standard InChI is InChI=1S/C17H27BrN2O/c1-20(15-8-3-2-4-9-15)12-6-11-19-13-14-7-5-10-16(18)17(14)21/h5,7,10,15,19,21H,2-4,6,8-9,11-13H2,1H3. The van der Waals surface area contributed by atoms with E-state index in [9.17, 15) is 5.11 Å². The van der Waals surface area contributed by atoms with Gasteiger partial charge >= 0.3 is 0 Å². The maximum atomic E-state index is 9.92. The highest BCUT2D eigenvalue weighted by molar-refractivity contribution is 9.10. The first-order valence-corrected chi connectivity index (χ1v) is 8.85. The Morgan fingerprint density at radius 3 is 2.81 bits per heavy atom. The molecule has 0 amide bonds. The third-order valence-corrected chi connectivity index (χ3v) is 5.09. The molecule has 0 heterocycles. The van der Waals surface area contributed by atoms with Gasteiger partial charge in [0.05, 0.1) is 4.47 Å². The van der Waals surface area contributed by atoms with Gasteiger partial charge in [-0.15, -0.1) is 0 Å². The van der Waals surface area contributed by atoms with Crippen molar-refractivity contribution in [1.82, 2.24) is 10.2 Å². The lowest BCUT2D eigenvalue weighted by Gasteiger charge is -2.31. The molecule has 3 nitrogen and oxygen atoms in total. The van der Waals surface area contributed by atoms with Gasteiger partial charge in [0.1, 0.15) is 5.75 Å². The number of benzene rings is 1. The van der Waals surface area contributed by atoms with E-state index in [0.29, 0.717) is 5.75 Å². The maximum Gasteiger partial charge on any atom is 0.134 e. The van der Waals surface area contributed by atoms with Crippen LogP contribution in [0.2, 0.25) is 0 Å². The molecular formula is C17H27BrN2O. The summed E-state index contributed by atoms with van der Waals surface area (Å²) in [4.78, 5) is 2.53. The fraction of sp³-hybridized carbons (Fsp3) is 0.647. The Bertz CT molecular complexity index is 433. The van der Waals surface area contributed by atoms with E-state index in [1.165, 1.54) is 32.1 Å². The molecule has 1 aliphatic carbocycles. The van der Waals surface area contributed by atoms with E-state index in [1.807, 2.05) is 18.2 Å². The lowest BCUT2D eigenvalue weighted by atomic mass is 9.94. The van der Waals surface area contributed by atoms with Crippen molar-refractivity contribution in [3.63, 3.8) is 0 Å². The van der Waals surface area contributed by atoms with Crippen molar-refractivity contribution in [2.75, 3.05) is 20.1 Å². The summed E-state index contributed by atoms with van der Waals surface area (Å²) >= 11 is 3.35. The molecule has 1 fully saturated rings. The van der Waals surface area contributed by atoms with Crippen LogP contribution in [0, 0.1) is 0 Å². The second-order valence-corrected chi connectivity index (χ2v) is 6.90. The molecule has 0 bridgehead atoms. The van der Waals surface area contributed by atoms with Crippen LogP contribution in [0.1, 0.15) is 44.1 Å². The predicted octanol–water partition coefficient (Wildman–Crippen LogP) is 3.90. The van der Waals surface area contributed by atoms with Crippen LogP contribution < -0.4 is 5.32 Å². The predicted molar refractivity (Wildman–Crippen MR) is 91.6 cm³/mol. The van der Waals surface area contributed by atoms with Crippen LogP contribution in [0.15, 0.2) is 22.7 Å². The van der Waals surface area contributed by atoms with Gasteiger partial charge in [-0.25, -0.2) is 0 Å². The highest BCUT2D eigenvalue weighted by atomic mass is 79.9. The molecule has 0 radical (unpaired) electrons. The number of rotatable bonds is 7. The molecule has 0 aromatic heterocycles. The molecule has 118 valence electrons. The Morgan fingerprint density at radius 1 is 1.29 bits per heavy atom. The molecule has 1 saturated carbocycles. The molecule has 1 aromatic carbocycles. The number of phenols is 1. The van der Waals surface area contributed by atoms with Gasteiger partial charge in [0, 0.05) is 18.2 Å². The van der Waals surface area contributed by atoms with Crippen LogP contribution >= 0.6 is 15.9 Å². The summed E-state index contributed by atoms with van der Waals surface area (Å²) in [6.07, 6.45) is 8.11. The topological polar surface area (TPSA) is 35.5 Å². The van der Waals surface area contributed by atoms with Crippen LogP contribution in [0.3, 0.4) is 0 Å². The lowest BCUT2D eigenvalue weighted by molar-refractivity contribution is 0.189. The van der Waals surface area contributed by atoms with E-state index in [2.05, 4.69) is 33.2 Å². The van der Waals surface area contributed by atoms with Gasteiger partial charge in [0.2, 0.25) is 0 Å². The summed E-state index contributed by atoms with van der Waals surface area (Å²) in [5.41, 5.74) is 0.949. The SMILES string of the molecule is CN(CCCNCc1cccc(Br)c1O)C1CCCCC1. The van der Waals surface area contributed by atoms with Crippen molar-refractivity contribution in [2.45, 2.75) is 51.1 Å². The van der Waals surface area contributed by atoms with Crippen molar-refractivity contribution in [2.24, 2.45) is 0 Å². The van der Waals surface area contributed by atoms with Crippen LogP contribution in [-0.4, -0.2) is 36.2 Å². The van der Waals surface area contributed by atoms with Crippen molar-refractivity contribution in [3.8, 4) is 5.75 Å². The third-order valence-electron chi connectivity index (χ3n) is 4.45. The minimum Gasteiger partial charge on any atom is -0.506 e. The molecule has 1 aliphatic rings. The highest BCUT2D eigenvalue weighted by Crippen LogP contribution is 2.27. The van der Waals surface area contributed by atoms with E-state index in [1.54, 1.807) is 0 Å². The van der Waals surface area contributed by atoms with Crippen LogP contribution in [-0.2, 0) is 6.54 Å². The number of hydrogen-bond acceptors (Lipinski definition) is 3. The monoisotopic (exact) mass is 354 g/mol. The second-order valence-electron chi connectivity index (χ2n) is 6.05. The number of halogens is 1. The van der Waals surface area contributed by atoms with Gasteiger partial charge in [-0.2, -0.15) is 0 Å². The first kappa shape index (κ1) is 16.8. The van der Waals surface area contributed by atoms with Crippen molar-refractivity contribution in [3.05, 3.63) is 28.2 Å². The smallest absolute Gasteiger partial charge is 0.134 e. The van der Waals surface area contributed by atoms with E-state index in [-0.39, 0.29) is 0 Å². The van der Waals surface area contributed by atoms with Gasteiger partial charge in [0.15, 0.2) is 0 Å². The maximum absolute atomic E-state index is 9.92. The fourth-order valence-corrected chi connectivity index (χ4v) is 3.49. The molecule has 0 unspecified atom stereocenters. The van der Waals surface area contributed by atoms with Gasteiger partial charge in [-0.1, -0.05) is 31.4 Å². The van der Waals surface area contributed by atoms with E-state index >= 15 is 0 Å². The highest BCUT2D eigenvalue weighted by Gasteiger charge is 2.17. The zero-order valence-corrected chi connectivity index (χ0v) is 14.5. The largest absolute Gasteiger partial charge is 0.506 e. The zero-order chi connectivity index (χ0) is 15.1. The van der Waals surface area contributed by atoms with Gasteiger partial charge in [-0.05, 0) is 61.4 Å². The molecule has 0 atom stereocenters. The van der Waals surface area contributed by atoms with E-state index in [4.69, 9.17) is 0 Å². The number of aromatic hydroxyl groups is 1. The number of para-hydroxylation sites is 1. The summed E-state index contributed by atoms with van der Waals surface area (Å²) in [5.74, 6) is 0.351. The Kier molecular flexibility index (Phi) is 7.00. The molecule has 4 heteroatoms. The minimum absolute atomic E-state index is 0.351. The summed E-state index contributed by atoms with van der Waals surface area (Å²) < 4.78 is 0.763. The normalized spacial score (nSPS) is 16.5. The van der Waals surface area contributed by atoms with Crippen molar-refractivity contribution in [1.29, 1.82) is 0 Å². The molecule has 0 spiro atoms. The summed E-state index contributed by atoms with van der Waals surface area (Å²) in [5, 5.41) is 13.3. The van der Waals surface area contributed by atoms with Gasteiger partial charge in [-0.3, -0.25) is 0 Å². The average molecular weight is 355 g/mol. The van der Waals surface area contributed by atoms with Crippen LogP contribution in [0.5, 0.6) is 5.75 Å². The Morgan fingerprint density at radius 2 is 2.05 bits per heavy atom. The number of nitrogens with one attached hydrogen (secondary N) is 1. The molecular weight excluding hydrogens is 328 g/mol. The summed E-state index contributed by atoms with van der Waals surface area (Å²) in [6, 6.07) is 6.57. The lowest BCUT2D eigenvalue weighted by Crippen LogP contribution is -2.35. The average Bonchev–Trinajstić information content (AvgIpc) is 2.51. The fourth-order valence-electron chi connectivity index (χ4n) is 3.08. The number of nitrogens with zero attached hydrogens (tertiary/aromatic N) is 1. The summed E-state index contributed by atoms with van der Waals surface area (Å²) in [6.45, 7) is 2.86. The quantitative estimate of drug-likeness (QED) is 0.729. The number of phenolic OH excluding ortho intramolecular Hbond substituents is 1. The minimum atomic E-state index is 0.351.